The second kappa shape index (κ2) is 6.11. The third-order valence-corrected chi connectivity index (χ3v) is 3.43. The van der Waals surface area contributed by atoms with E-state index in [0.717, 1.165) is 0 Å². The molecule has 1 unspecified atom stereocenters. The molecule has 2 nitrogen and oxygen atoms in total. The minimum atomic E-state index is -0.336. The summed E-state index contributed by atoms with van der Waals surface area (Å²) in [5.74, 6) is -0.311. The zero-order valence-corrected chi connectivity index (χ0v) is 10.8. The van der Waals surface area contributed by atoms with E-state index in [9.17, 15) is 9.18 Å². The Morgan fingerprint density at radius 2 is 2.25 bits per heavy atom. The minimum Gasteiger partial charge on any atom is -0.330 e. The van der Waals surface area contributed by atoms with Gasteiger partial charge in [0.15, 0.2) is 0 Å². The lowest BCUT2D eigenvalue weighted by atomic mass is 9.97. The Morgan fingerprint density at radius 3 is 2.88 bits per heavy atom. The van der Waals surface area contributed by atoms with Crippen LogP contribution in [0.5, 0.6) is 0 Å². The molecule has 0 fully saturated rings. The molecule has 0 bridgehead atoms. The summed E-state index contributed by atoms with van der Waals surface area (Å²) in [5, 5.41) is 0. The average molecular weight is 288 g/mol. The molecule has 1 aromatic carbocycles. The Morgan fingerprint density at radius 1 is 1.56 bits per heavy atom. The van der Waals surface area contributed by atoms with Crippen molar-refractivity contribution in [1.82, 2.24) is 0 Å². The van der Waals surface area contributed by atoms with Crippen LogP contribution in [0.25, 0.3) is 0 Å². The van der Waals surface area contributed by atoms with Crippen molar-refractivity contribution in [2.45, 2.75) is 19.8 Å². The summed E-state index contributed by atoms with van der Waals surface area (Å²) >= 11 is 3.14. The van der Waals surface area contributed by atoms with Gasteiger partial charge in [-0.1, -0.05) is 19.1 Å². The Hall–Kier alpha value is -0.740. The van der Waals surface area contributed by atoms with E-state index in [2.05, 4.69) is 15.9 Å². The molecule has 1 rings (SSSR count). The van der Waals surface area contributed by atoms with Crippen LogP contribution < -0.4 is 5.73 Å². The van der Waals surface area contributed by atoms with Gasteiger partial charge >= 0.3 is 0 Å². The standard InChI is InChI=1S/C12H15BrFNO/c1-8(5-6-15)11(16)7-9-3-2-4-10(14)12(9)13/h2-4,8H,5-7,15H2,1H3. The van der Waals surface area contributed by atoms with Gasteiger partial charge < -0.3 is 5.73 Å². The molecule has 2 N–H and O–H groups in total. The molecule has 4 heteroatoms. The van der Waals surface area contributed by atoms with E-state index >= 15 is 0 Å². The molecule has 0 heterocycles. The maximum absolute atomic E-state index is 13.2. The smallest absolute Gasteiger partial charge is 0.140 e. The second-order valence-electron chi connectivity index (χ2n) is 3.83. The van der Waals surface area contributed by atoms with Crippen LogP contribution in [0.3, 0.4) is 0 Å². The molecule has 0 spiro atoms. The maximum atomic E-state index is 13.2. The molecule has 0 saturated heterocycles. The maximum Gasteiger partial charge on any atom is 0.140 e. The fourth-order valence-electron chi connectivity index (χ4n) is 1.46. The van der Waals surface area contributed by atoms with Crippen molar-refractivity contribution in [2.24, 2.45) is 11.7 Å². The molecule has 0 amide bonds. The van der Waals surface area contributed by atoms with Crippen molar-refractivity contribution in [3.05, 3.63) is 34.1 Å². The fraction of sp³-hybridized carbons (Fsp3) is 0.417. The van der Waals surface area contributed by atoms with Crippen molar-refractivity contribution >= 4 is 21.7 Å². The predicted octanol–water partition coefficient (Wildman–Crippen LogP) is 2.68. The van der Waals surface area contributed by atoms with Crippen LogP contribution in [-0.4, -0.2) is 12.3 Å². The van der Waals surface area contributed by atoms with Crippen LogP contribution in [0.4, 0.5) is 4.39 Å². The molecule has 0 aliphatic rings. The second-order valence-corrected chi connectivity index (χ2v) is 4.63. The molecule has 0 aromatic heterocycles. The quantitative estimate of drug-likeness (QED) is 0.905. The summed E-state index contributed by atoms with van der Waals surface area (Å²) in [6.07, 6.45) is 0.922. The summed E-state index contributed by atoms with van der Waals surface area (Å²) < 4.78 is 13.6. The summed E-state index contributed by atoms with van der Waals surface area (Å²) in [5.41, 5.74) is 6.08. The molecular formula is C12H15BrFNO. The minimum absolute atomic E-state index is 0.0693. The number of carbonyl (C=O) groups excluding carboxylic acids is 1. The first kappa shape index (κ1) is 13.3. The first-order chi connectivity index (χ1) is 7.56. The SMILES string of the molecule is CC(CCN)C(=O)Cc1cccc(F)c1Br. The van der Waals surface area contributed by atoms with Gasteiger partial charge in [0.2, 0.25) is 0 Å². The lowest BCUT2D eigenvalue weighted by molar-refractivity contribution is -0.121. The van der Waals surface area contributed by atoms with E-state index in [1.54, 1.807) is 12.1 Å². The molecule has 0 saturated carbocycles. The highest BCUT2D eigenvalue weighted by atomic mass is 79.9. The Balaban J connectivity index is 2.73. The van der Waals surface area contributed by atoms with Crippen LogP contribution in [0.1, 0.15) is 18.9 Å². The van der Waals surface area contributed by atoms with Crippen molar-refractivity contribution in [2.75, 3.05) is 6.54 Å². The van der Waals surface area contributed by atoms with Crippen LogP contribution >= 0.6 is 15.9 Å². The van der Waals surface area contributed by atoms with Crippen LogP contribution in [0.2, 0.25) is 0 Å². The van der Waals surface area contributed by atoms with Crippen molar-refractivity contribution in [1.29, 1.82) is 0 Å². The number of ketones is 1. The van der Waals surface area contributed by atoms with E-state index in [0.29, 0.717) is 23.0 Å². The van der Waals surface area contributed by atoms with E-state index in [-0.39, 0.29) is 23.9 Å². The van der Waals surface area contributed by atoms with Crippen molar-refractivity contribution in [3.63, 3.8) is 0 Å². The molecule has 1 atom stereocenters. The summed E-state index contributed by atoms with van der Waals surface area (Å²) in [4.78, 5) is 11.8. The number of hydrogen-bond acceptors (Lipinski definition) is 2. The lowest BCUT2D eigenvalue weighted by Gasteiger charge is -2.10. The number of benzene rings is 1. The number of carbonyl (C=O) groups is 1. The Kier molecular flexibility index (Phi) is 5.09. The number of halogens is 2. The van der Waals surface area contributed by atoms with Gasteiger partial charge in [-0.3, -0.25) is 4.79 Å². The molecule has 88 valence electrons. The zero-order chi connectivity index (χ0) is 12.1. The molecule has 0 aliphatic carbocycles. The fourth-order valence-corrected chi connectivity index (χ4v) is 1.86. The number of nitrogens with two attached hydrogens (primary N) is 1. The van der Waals surface area contributed by atoms with Gasteiger partial charge in [0.25, 0.3) is 0 Å². The Labute approximate surface area is 103 Å². The van der Waals surface area contributed by atoms with Crippen molar-refractivity contribution in [3.8, 4) is 0 Å². The number of hydrogen-bond donors (Lipinski definition) is 1. The molecular weight excluding hydrogens is 273 g/mol. The van der Waals surface area contributed by atoms with Gasteiger partial charge in [-0.25, -0.2) is 4.39 Å². The lowest BCUT2D eigenvalue weighted by Crippen LogP contribution is -2.17. The van der Waals surface area contributed by atoms with Gasteiger partial charge in [0.05, 0.1) is 4.47 Å². The highest BCUT2D eigenvalue weighted by Gasteiger charge is 2.15. The Bertz CT molecular complexity index is 381. The normalized spacial score (nSPS) is 12.5. The molecule has 1 aromatic rings. The highest BCUT2D eigenvalue weighted by Crippen LogP contribution is 2.22. The third kappa shape index (κ3) is 3.39. The first-order valence-corrected chi connectivity index (χ1v) is 6.01. The summed E-state index contributed by atoms with van der Waals surface area (Å²) in [6, 6.07) is 4.72. The van der Waals surface area contributed by atoms with Crippen LogP contribution in [0.15, 0.2) is 22.7 Å². The van der Waals surface area contributed by atoms with Crippen molar-refractivity contribution < 1.29 is 9.18 Å². The molecule has 0 aliphatic heterocycles. The van der Waals surface area contributed by atoms with Gasteiger partial charge in [-0.05, 0) is 40.5 Å². The van der Waals surface area contributed by atoms with Gasteiger partial charge in [-0.15, -0.1) is 0 Å². The predicted molar refractivity (Wildman–Crippen MR) is 65.6 cm³/mol. The number of rotatable bonds is 5. The average Bonchev–Trinajstić information content (AvgIpc) is 2.25. The van der Waals surface area contributed by atoms with Crippen LogP contribution in [0, 0.1) is 11.7 Å². The van der Waals surface area contributed by atoms with E-state index in [1.807, 2.05) is 6.92 Å². The zero-order valence-electron chi connectivity index (χ0n) is 9.17. The molecule has 0 radical (unpaired) electrons. The highest BCUT2D eigenvalue weighted by molar-refractivity contribution is 9.10. The first-order valence-electron chi connectivity index (χ1n) is 5.22. The van der Waals surface area contributed by atoms with Gasteiger partial charge in [0, 0.05) is 12.3 Å². The van der Waals surface area contributed by atoms with Crippen LogP contribution in [-0.2, 0) is 11.2 Å². The topological polar surface area (TPSA) is 43.1 Å². The van der Waals surface area contributed by atoms with Gasteiger partial charge in [0.1, 0.15) is 11.6 Å². The summed E-state index contributed by atoms with van der Waals surface area (Å²) in [7, 11) is 0. The summed E-state index contributed by atoms with van der Waals surface area (Å²) in [6.45, 7) is 2.35. The van der Waals surface area contributed by atoms with E-state index < -0.39 is 0 Å². The van der Waals surface area contributed by atoms with E-state index in [4.69, 9.17) is 5.73 Å². The third-order valence-electron chi connectivity index (χ3n) is 2.55. The number of Topliss-reactive ketones (excluding diaryl/α,β-unsaturated/α-hetero) is 1. The molecule has 16 heavy (non-hydrogen) atoms. The monoisotopic (exact) mass is 287 g/mol. The largest absolute Gasteiger partial charge is 0.330 e. The van der Waals surface area contributed by atoms with E-state index in [1.165, 1.54) is 6.07 Å². The van der Waals surface area contributed by atoms with Gasteiger partial charge in [-0.2, -0.15) is 0 Å².